The van der Waals surface area contributed by atoms with Crippen LogP contribution in [0, 0.1) is 15.9 Å². The van der Waals surface area contributed by atoms with Crippen molar-refractivity contribution >= 4 is 11.3 Å². The first-order chi connectivity index (χ1) is 11.1. The van der Waals surface area contributed by atoms with Gasteiger partial charge >= 0.3 is 0 Å². The molecule has 5 heteroatoms. The molecule has 0 radical (unpaired) electrons. The minimum atomic E-state index is -0.321. The summed E-state index contributed by atoms with van der Waals surface area (Å²) in [5, 5.41) is 11.1. The van der Waals surface area contributed by atoms with Gasteiger partial charge in [-0.3, -0.25) is 10.1 Å². The van der Waals surface area contributed by atoms with Gasteiger partial charge in [0.25, 0.3) is 5.69 Å². The Morgan fingerprint density at radius 1 is 1.13 bits per heavy atom. The summed E-state index contributed by atoms with van der Waals surface area (Å²) in [5.74, 6) is -0.228. The predicted molar refractivity (Wildman–Crippen MR) is 86.5 cm³/mol. The molecule has 2 aromatic carbocycles. The number of hydrogen-bond acceptors (Lipinski definition) is 2. The zero-order chi connectivity index (χ0) is 16.2. The van der Waals surface area contributed by atoms with E-state index in [1.807, 2.05) is 12.1 Å². The zero-order valence-electron chi connectivity index (χ0n) is 12.7. The Labute approximate surface area is 134 Å². The predicted octanol–water partition coefficient (Wildman–Crippen LogP) is 2.61. The summed E-state index contributed by atoms with van der Waals surface area (Å²) >= 11 is 0. The molecule has 3 rings (SSSR count). The van der Waals surface area contributed by atoms with Crippen LogP contribution in [0.4, 0.5) is 10.1 Å². The number of hydrogen-bond donors (Lipinski definition) is 1. The fourth-order valence-electron chi connectivity index (χ4n) is 2.98. The summed E-state index contributed by atoms with van der Waals surface area (Å²) in [6.07, 6.45) is 3.04. The Balaban J connectivity index is 1.69. The number of para-hydroxylation sites is 1. The molecular weight excluding hydrogens is 295 g/mol. The van der Waals surface area contributed by atoms with E-state index in [0.29, 0.717) is 6.54 Å². The third kappa shape index (κ3) is 3.63. The first kappa shape index (κ1) is 15.4. The van der Waals surface area contributed by atoms with Crippen LogP contribution >= 0.6 is 0 Å². The van der Waals surface area contributed by atoms with Gasteiger partial charge in [-0.25, -0.2) is 4.39 Å². The lowest BCUT2D eigenvalue weighted by Crippen LogP contribution is -3.11. The SMILES string of the molecule is O=[N+]([O-])c1ccccc1C[NH+]1CC=C(c2ccc(F)cc2)CC1. The number of nitrogens with zero attached hydrogens (tertiary/aromatic N) is 1. The topological polar surface area (TPSA) is 47.6 Å². The van der Waals surface area contributed by atoms with E-state index in [4.69, 9.17) is 0 Å². The molecule has 118 valence electrons. The second-order valence-electron chi connectivity index (χ2n) is 5.75. The third-order valence-electron chi connectivity index (χ3n) is 4.23. The van der Waals surface area contributed by atoms with Crippen molar-refractivity contribution in [1.29, 1.82) is 0 Å². The van der Waals surface area contributed by atoms with E-state index in [0.717, 1.165) is 30.6 Å². The maximum absolute atomic E-state index is 13.0. The number of nitro benzene ring substituents is 1. The van der Waals surface area contributed by atoms with Crippen LogP contribution in [-0.4, -0.2) is 18.0 Å². The lowest BCUT2D eigenvalue weighted by atomic mass is 9.99. The fourth-order valence-corrected chi connectivity index (χ4v) is 2.98. The Morgan fingerprint density at radius 3 is 2.52 bits per heavy atom. The average Bonchev–Trinajstić information content (AvgIpc) is 2.57. The lowest BCUT2D eigenvalue weighted by Gasteiger charge is -2.23. The van der Waals surface area contributed by atoms with Crippen molar-refractivity contribution in [3.63, 3.8) is 0 Å². The van der Waals surface area contributed by atoms with E-state index in [9.17, 15) is 14.5 Å². The first-order valence-electron chi connectivity index (χ1n) is 7.64. The maximum atomic E-state index is 13.0. The minimum Gasteiger partial charge on any atom is -0.327 e. The van der Waals surface area contributed by atoms with Crippen LogP contribution in [-0.2, 0) is 6.54 Å². The van der Waals surface area contributed by atoms with E-state index in [2.05, 4.69) is 6.08 Å². The average molecular weight is 313 g/mol. The summed E-state index contributed by atoms with van der Waals surface area (Å²) in [6, 6.07) is 13.5. The maximum Gasteiger partial charge on any atom is 0.278 e. The van der Waals surface area contributed by atoms with Gasteiger partial charge in [0.05, 0.1) is 23.6 Å². The van der Waals surface area contributed by atoms with Crippen LogP contribution in [0.1, 0.15) is 17.5 Å². The molecule has 1 unspecified atom stereocenters. The van der Waals surface area contributed by atoms with E-state index >= 15 is 0 Å². The second kappa shape index (κ2) is 6.71. The minimum absolute atomic E-state index is 0.188. The number of quaternary nitrogens is 1. The molecule has 1 atom stereocenters. The van der Waals surface area contributed by atoms with Crippen LogP contribution in [0.5, 0.6) is 0 Å². The van der Waals surface area contributed by atoms with Crippen molar-refractivity contribution < 1.29 is 14.2 Å². The van der Waals surface area contributed by atoms with Crippen molar-refractivity contribution in [1.82, 2.24) is 0 Å². The van der Waals surface area contributed by atoms with Gasteiger partial charge in [0.15, 0.2) is 0 Å². The van der Waals surface area contributed by atoms with Gasteiger partial charge in [-0.05, 0) is 35.4 Å². The lowest BCUT2D eigenvalue weighted by molar-refractivity contribution is -0.909. The van der Waals surface area contributed by atoms with Crippen LogP contribution in [0.25, 0.3) is 5.57 Å². The van der Waals surface area contributed by atoms with Crippen molar-refractivity contribution in [2.75, 3.05) is 13.1 Å². The molecule has 1 N–H and O–H groups in total. The largest absolute Gasteiger partial charge is 0.327 e. The van der Waals surface area contributed by atoms with Crippen molar-refractivity contribution in [3.8, 4) is 0 Å². The molecular formula is C18H18FN2O2+. The molecule has 0 fully saturated rings. The standard InChI is InChI=1S/C18H17FN2O2/c19-17-7-5-14(6-8-17)15-9-11-20(12-10-15)13-16-3-1-2-4-18(16)21(22)23/h1-9H,10-13H2/p+1. The highest BCUT2D eigenvalue weighted by Crippen LogP contribution is 2.20. The van der Waals surface area contributed by atoms with Crippen molar-refractivity contribution in [3.05, 3.63) is 81.7 Å². The molecule has 2 aromatic rings. The second-order valence-corrected chi connectivity index (χ2v) is 5.75. The Morgan fingerprint density at radius 2 is 1.87 bits per heavy atom. The van der Waals surface area contributed by atoms with Crippen LogP contribution < -0.4 is 4.90 Å². The summed E-state index contributed by atoms with van der Waals surface area (Å²) in [4.78, 5) is 12.1. The van der Waals surface area contributed by atoms with Gasteiger partial charge in [-0.1, -0.05) is 24.3 Å². The Kier molecular flexibility index (Phi) is 4.48. The monoisotopic (exact) mass is 313 g/mol. The van der Waals surface area contributed by atoms with Gasteiger partial charge in [0, 0.05) is 12.5 Å². The molecule has 0 aliphatic carbocycles. The molecule has 0 spiro atoms. The first-order valence-corrected chi connectivity index (χ1v) is 7.64. The third-order valence-corrected chi connectivity index (χ3v) is 4.23. The number of benzene rings is 2. The van der Waals surface area contributed by atoms with E-state index in [-0.39, 0.29) is 16.4 Å². The van der Waals surface area contributed by atoms with Gasteiger partial charge < -0.3 is 4.90 Å². The van der Waals surface area contributed by atoms with Crippen molar-refractivity contribution in [2.24, 2.45) is 0 Å². The summed E-state index contributed by atoms with van der Waals surface area (Å²) in [5.41, 5.74) is 3.23. The molecule has 1 aliphatic heterocycles. The van der Waals surface area contributed by atoms with Crippen LogP contribution in [0.3, 0.4) is 0 Å². The van der Waals surface area contributed by atoms with Gasteiger partial charge in [-0.15, -0.1) is 0 Å². The molecule has 0 amide bonds. The summed E-state index contributed by atoms with van der Waals surface area (Å²) in [6.45, 7) is 2.37. The van der Waals surface area contributed by atoms with E-state index < -0.39 is 0 Å². The number of rotatable bonds is 4. The van der Waals surface area contributed by atoms with Crippen molar-refractivity contribution in [2.45, 2.75) is 13.0 Å². The zero-order valence-corrected chi connectivity index (χ0v) is 12.7. The van der Waals surface area contributed by atoms with Crippen LogP contribution in [0.2, 0.25) is 0 Å². The fraction of sp³-hybridized carbons (Fsp3) is 0.222. The molecule has 0 bridgehead atoms. The molecule has 23 heavy (non-hydrogen) atoms. The van der Waals surface area contributed by atoms with Crippen LogP contribution in [0.15, 0.2) is 54.6 Å². The molecule has 1 heterocycles. The Bertz CT molecular complexity index is 741. The number of halogens is 1. The highest BCUT2D eigenvalue weighted by atomic mass is 19.1. The van der Waals surface area contributed by atoms with Gasteiger partial charge in [0.1, 0.15) is 12.4 Å². The quantitative estimate of drug-likeness (QED) is 0.697. The highest BCUT2D eigenvalue weighted by molar-refractivity contribution is 5.65. The van der Waals surface area contributed by atoms with Gasteiger partial charge in [0.2, 0.25) is 0 Å². The summed E-state index contributed by atoms with van der Waals surface area (Å²) < 4.78 is 13.0. The van der Waals surface area contributed by atoms with E-state index in [1.165, 1.54) is 22.6 Å². The molecule has 0 saturated heterocycles. The molecule has 4 nitrogen and oxygen atoms in total. The molecule has 0 saturated carbocycles. The Hall–Kier alpha value is -2.53. The highest BCUT2D eigenvalue weighted by Gasteiger charge is 2.20. The molecule has 0 aromatic heterocycles. The smallest absolute Gasteiger partial charge is 0.278 e. The normalized spacial score (nSPS) is 17.6. The van der Waals surface area contributed by atoms with E-state index in [1.54, 1.807) is 24.3 Å². The molecule has 1 aliphatic rings. The van der Waals surface area contributed by atoms with Gasteiger partial charge in [-0.2, -0.15) is 0 Å². The summed E-state index contributed by atoms with van der Waals surface area (Å²) in [7, 11) is 0. The number of nitro groups is 1. The number of nitrogens with one attached hydrogen (secondary N) is 1.